The molecule has 1 aromatic rings. The standard InChI is InChI=1S/C19H22F3N3O3/c20-19(21,22)12-17(27)25-10-3-8-18(25)9-11-24(13-18)15-5-2-1-4-14(15)6-7-16(26)23-28/h1-2,4-7,28H,3,8-13H2,(H,23,26). The smallest absolute Gasteiger partial charge is 0.369 e. The highest BCUT2D eigenvalue weighted by molar-refractivity contribution is 5.92. The molecular weight excluding hydrogens is 375 g/mol. The van der Waals surface area contributed by atoms with Gasteiger partial charge in [-0.2, -0.15) is 13.2 Å². The van der Waals surface area contributed by atoms with Gasteiger partial charge in [-0.3, -0.25) is 14.8 Å². The topological polar surface area (TPSA) is 72.9 Å². The Bertz CT molecular complexity index is 781. The molecule has 0 aromatic heterocycles. The predicted molar refractivity (Wildman–Crippen MR) is 96.6 cm³/mol. The first-order valence-corrected chi connectivity index (χ1v) is 9.07. The molecule has 2 amide bonds. The second kappa shape index (κ2) is 7.83. The number of hydrogen-bond acceptors (Lipinski definition) is 4. The quantitative estimate of drug-likeness (QED) is 0.466. The summed E-state index contributed by atoms with van der Waals surface area (Å²) in [5.41, 5.74) is 2.52. The third-order valence-electron chi connectivity index (χ3n) is 5.38. The monoisotopic (exact) mass is 397 g/mol. The Labute approximate surface area is 160 Å². The number of benzene rings is 1. The molecule has 1 unspecified atom stereocenters. The Morgan fingerprint density at radius 2 is 1.96 bits per heavy atom. The van der Waals surface area contributed by atoms with Crippen molar-refractivity contribution in [3.63, 3.8) is 0 Å². The van der Waals surface area contributed by atoms with Gasteiger partial charge in [0.1, 0.15) is 6.42 Å². The van der Waals surface area contributed by atoms with E-state index in [0.29, 0.717) is 38.9 Å². The molecule has 9 heteroatoms. The summed E-state index contributed by atoms with van der Waals surface area (Å²) in [6, 6.07) is 7.32. The van der Waals surface area contributed by atoms with Gasteiger partial charge in [0, 0.05) is 31.4 Å². The molecule has 0 saturated carbocycles. The number of carbonyl (C=O) groups excluding carboxylic acids is 2. The average Bonchev–Trinajstić information content (AvgIpc) is 3.26. The molecule has 2 saturated heterocycles. The number of nitrogens with zero attached hydrogens (tertiary/aromatic N) is 2. The second-order valence-electron chi connectivity index (χ2n) is 7.20. The number of amides is 2. The van der Waals surface area contributed by atoms with E-state index in [1.165, 1.54) is 16.5 Å². The molecule has 2 N–H and O–H groups in total. The van der Waals surface area contributed by atoms with E-state index in [9.17, 15) is 22.8 Å². The van der Waals surface area contributed by atoms with E-state index in [2.05, 4.69) is 0 Å². The van der Waals surface area contributed by atoms with Crippen LogP contribution in [-0.4, -0.2) is 53.3 Å². The van der Waals surface area contributed by atoms with Crippen molar-refractivity contribution in [2.75, 3.05) is 24.5 Å². The molecule has 1 aromatic carbocycles. The number of hydrogen-bond donors (Lipinski definition) is 2. The van der Waals surface area contributed by atoms with Gasteiger partial charge in [0.15, 0.2) is 0 Å². The SMILES string of the molecule is O=C(C=Cc1ccccc1N1CCC2(CCCN2C(=O)CC(F)(F)F)C1)NO. The van der Waals surface area contributed by atoms with Gasteiger partial charge < -0.3 is 9.80 Å². The summed E-state index contributed by atoms with van der Waals surface area (Å²) in [7, 11) is 0. The second-order valence-corrected chi connectivity index (χ2v) is 7.20. The molecule has 1 atom stereocenters. The lowest BCUT2D eigenvalue weighted by atomic mass is 9.95. The van der Waals surface area contributed by atoms with Gasteiger partial charge in [0.25, 0.3) is 5.91 Å². The van der Waals surface area contributed by atoms with Crippen LogP contribution in [0.3, 0.4) is 0 Å². The maximum atomic E-state index is 12.7. The van der Waals surface area contributed by atoms with Crippen LogP contribution < -0.4 is 10.4 Å². The van der Waals surface area contributed by atoms with Crippen molar-refractivity contribution in [3.8, 4) is 0 Å². The van der Waals surface area contributed by atoms with Crippen LogP contribution in [0.15, 0.2) is 30.3 Å². The summed E-state index contributed by atoms with van der Waals surface area (Å²) in [6.07, 6.45) is -1.21. The van der Waals surface area contributed by atoms with E-state index >= 15 is 0 Å². The lowest BCUT2D eigenvalue weighted by molar-refractivity contribution is -0.163. The number of rotatable bonds is 4. The summed E-state index contributed by atoms with van der Waals surface area (Å²) in [5, 5.41) is 8.62. The maximum absolute atomic E-state index is 12.7. The Morgan fingerprint density at radius 3 is 2.68 bits per heavy atom. The molecule has 6 nitrogen and oxygen atoms in total. The zero-order chi connectivity index (χ0) is 20.4. The Hall–Kier alpha value is -2.55. The first kappa shape index (κ1) is 20.2. The lowest BCUT2D eigenvalue weighted by Gasteiger charge is -2.36. The number of anilines is 1. The van der Waals surface area contributed by atoms with Crippen molar-refractivity contribution in [1.29, 1.82) is 0 Å². The van der Waals surface area contributed by atoms with E-state index < -0.39 is 30.0 Å². The van der Waals surface area contributed by atoms with E-state index in [1.807, 2.05) is 23.1 Å². The van der Waals surface area contributed by atoms with E-state index in [4.69, 9.17) is 5.21 Å². The van der Waals surface area contributed by atoms with Crippen molar-refractivity contribution >= 4 is 23.6 Å². The molecule has 152 valence electrons. The van der Waals surface area contributed by atoms with Gasteiger partial charge in [-0.1, -0.05) is 18.2 Å². The summed E-state index contributed by atoms with van der Waals surface area (Å²) in [4.78, 5) is 27.0. The number of hydroxylamine groups is 1. The van der Waals surface area contributed by atoms with Crippen molar-refractivity contribution < 1.29 is 28.0 Å². The number of para-hydroxylation sites is 1. The van der Waals surface area contributed by atoms with E-state index in [1.54, 1.807) is 12.1 Å². The van der Waals surface area contributed by atoms with Crippen LogP contribution in [0.2, 0.25) is 0 Å². The summed E-state index contributed by atoms with van der Waals surface area (Å²) in [5.74, 6) is -1.52. The fraction of sp³-hybridized carbons (Fsp3) is 0.474. The van der Waals surface area contributed by atoms with Gasteiger partial charge in [-0.15, -0.1) is 0 Å². The normalized spacial score (nSPS) is 22.4. The number of carbonyl (C=O) groups is 2. The highest BCUT2D eigenvalue weighted by atomic mass is 19.4. The molecule has 2 fully saturated rings. The minimum atomic E-state index is -4.51. The van der Waals surface area contributed by atoms with Gasteiger partial charge in [0.05, 0.1) is 5.54 Å². The zero-order valence-corrected chi connectivity index (χ0v) is 15.2. The summed E-state index contributed by atoms with van der Waals surface area (Å²) < 4.78 is 38.1. The van der Waals surface area contributed by atoms with Crippen molar-refractivity contribution in [2.45, 2.75) is 37.4 Å². The van der Waals surface area contributed by atoms with Crippen LogP contribution in [-0.2, 0) is 9.59 Å². The highest BCUT2D eigenvalue weighted by Gasteiger charge is 2.49. The zero-order valence-electron chi connectivity index (χ0n) is 15.2. The van der Waals surface area contributed by atoms with Crippen LogP contribution in [0.4, 0.5) is 18.9 Å². The molecule has 3 rings (SSSR count). The first-order chi connectivity index (χ1) is 13.2. The molecule has 0 aliphatic carbocycles. The Morgan fingerprint density at radius 1 is 1.21 bits per heavy atom. The molecule has 0 bridgehead atoms. The largest absolute Gasteiger partial charge is 0.397 e. The molecule has 0 radical (unpaired) electrons. The number of alkyl halides is 3. The number of likely N-dealkylation sites (tertiary alicyclic amines) is 1. The van der Waals surface area contributed by atoms with Crippen molar-refractivity contribution in [2.24, 2.45) is 0 Å². The van der Waals surface area contributed by atoms with Crippen LogP contribution in [0.5, 0.6) is 0 Å². The molecule has 2 heterocycles. The molecule has 28 heavy (non-hydrogen) atoms. The Balaban J connectivity index is 1.79. The fourth-order valence-corrected chi connectivity index (χ4v) is 4.20. The lowest BCUT2D eigenvalue weighted by Crippen LogP contribution is -2.50. The van der Waals surface area contributed by atoms with Crippen LogP contribution >= 0.6 is 0 Å². The van der Waals surface area contributed by atoms with Gasteiger partial charge >= 0.3 is 6.18 Å². The highest BCUT2D eigenvalue weighted by Crippen LogP contribution is 2.41. The molecule has 1 spiro atoms. The predicted octanol–water partition coefficient (Wildman–Crippen LogP) is 2.73. The van der Waals surface area contributed by atoms with Crippen LogP contribution in [0.25, 0.3) is 6.08 Å². The minimum Gasteiger partial charge on any atom is -0.369 e. The molecule has 2 aliphatic rings. The van der Waals surface area contributed by atoms with Crippen LogP contribution in [0.1, 0.15) is 31.2 Å². The van der Waals surface area contributed by atoms with Crippen molar-refractivity contribution in [1.82, 2.24) is 10.4 Å². The van der Waals surface area contributed by atoms with Gasteiger partial charge in [-0.25, -0.2) is 5.48 Å². The number of nitrogens with one attached hydrogen (secondary N) is 1. The van der Waals surface area contributed by atoms with Gasteiger partial charge in [-0.05, 0) is 37.0 Å². The third kappa shape index (κ3) is 4.30. The molecular formula is C19H22F3N3O3. The first-order valence-electron chi connectivity index (χ1n) is 9.07. The fourth-order valence-electron chi connectivity index (χ4n) is 4.20. The Kier molecular flexibility index (Phi) is 5.64. The van der Waals surface area contributed by atoms with Crippen molar-refractivity contribution in [3.05, 3.63) is 35.9 Å². The average molecular weight is 397 g/mol. The van der Waals surface area contributed by atoms with E-state index in [-0.39, 0.29) is 0 Å². The maximum Gasteiger partial charge on any atom is 0.397 e. The summed E-state index contributed by atoms with van der Waals surface area (Å²) >= 11 is 0. The minimum absolute atomic E-state index is 0.348. The third-order valence-corrected chi connectivity index (χ3v) is 5.38. The number of halogens is 3. The summed E-state index contributed by atoms with van der Waals surface area (Å²) in [6.45, 7) is 1.40. The van der Waals surface area contributed by atoms with Crippen LogP contribution in [0, 0.1) is 0 Å². The van der Waals surface area contributed by atoms with Gasteiger partial charge in [0.2, 0.25) is 5.91 Å². The molecule has 2 aliphatic heterocycles. The van der Waals surface area contributed by atoms with E-state index in [0.717, 1.165) is 11.3 Å².